The summed E-state index contributed by atoms with van der Waals surface area (Å²) in [5.74, 6) is -1.11. The minimum absolute atomic E-state index is 0.00839. The van der Waals surface area contributed by atoms with Crippen LogP contribution in [-0.2, 0) is 14.3 Å². The maximum Gasteiger partial charge on any atom is 0.310 e. The highest BCUT2D eigenvalue weighted by atomic mass is 16.6. The Labute approximate surface area is 153 Å². The van der Waals surface area contributed by atoms with Crippen LogP contribution in [0.25, 0.3) is 0 Å². The maximum atomic E-state index is 12.0. The van der Waals surface area contributed by atoms with E-state index in [0.29, 0.717) is 17.3 Å². The number of allylic oxidation sites excluding steroid dienone is 2. The fourth-order valence-electron chi connectivity index (χ4n) is 2.53. The lowest BCUT2D eigenvalue weighted by atomic mass is 10.1. The summed E-state index contributed by atoms with van der Waals surface area (Å²) in [5, 5.41) is 8.81. The first-order chi connectivity index (χ1) is 11.8. The van der Waals surface area contributed by atoms with Gasteiger partial charge < -0.3 is 9.84 Å². The van der Waals surface area contributed by atoms with Crippen molar-refractivity contribution in [2.75, 3.05) is 21.1 Å². The Kier molecular flexibility index (Phi) is 13.1. The number of unbranched alkanes of at least 4 members (excludes halogenated alkanes) is 6. The van der Waals surface area contributed by atoms with Crippen molar-refractivity contribution in [2.24, 2.45) is 0 Å². The van der Waals surface area contributed by atoms with Gasteiger partial charge in [0, 0.05) is 12.8 Å². The van der Waals surface area contributed by atoms with Crippen LogP contribution in [0.4, 0.5) is 0 Å². The molecular formula is C20H38NO4+. The van der Waals surface area contributed by atoms with Gasteiger partial charge in [0.2, 0.25) is 6.23 Å². The van der Waals surface area contributed by atoms with E-state index in [-0.39, 0.29) is 12.4 Å². The number of carboxylic acid groups (broad SMARTS) is 1. The second kappa shape index (κ2) is 13.9. The summed E-state index contributed by atoms with van der Waals surface area (Å²) in [5.41, 5.74) is 0. The summed E-state index contributed by atoms with van der Waals surface area (Å²) >= 11 is 0. The molecule has 5 heteroatoms. The molecule has 0 fully saturated rings. The van der Waals surface area contributed by atoms with Gasteiger partial charge in [0.1, 0.15) is 0 Å². The molecule has 1 unspecified atom stereocenters. The summed E-state index contributed by atoms with van der Waals surface area (Å²) < 4.78 is 5.91. The van der Waals surface area contributed by atoms with Crippen molar-refractivity contribution in [3.05, 3.63) is 12.2 Å². The number of esters is 1. The van der Waals surface area contributed by atoms with Crippen LogP contribution in [0.1, 0.15) is 77.6 Å². The highest BCUT2D eigenvalue weighted by Crippen LogP contribution is 2.14. The molecular weight excluding hydrogens is 318 g/mol. The van der Waals surface area contributed by atoms with E-state index in [1.54, 1.807) is 0 Å². The van der Waals surface area contributed by atoms with Crippen molar-refractivity contribution < 1.29 is 23.9 Å². The van der Waals surface area contributed by atoms with Gasteiger partial charge in [-0.1, -0.05) is 44.8 Å². The van der Waals surface area contributed by atoms with Gasteiger partial charge in [0.25, 0.3) is 0 Å². The highest BCUT2D eigenvalue weighted by Gasteiger charge is 2.28. The van der Waals surface area contributed by atoms with Gasteiger partial charge in [-0.3, -0.25) is 14.1 Å². The lowest BCUT2D eigenvalue weighted by Crippen LogP contribution is -2.47. The Morgan fingerprint density at radius 2 is 1.56 bits per heavy atom. The second-order valence-corrected chi connectivity index (χ2v) is 7.56. The lowest BCUT2D eigenvalue weighted by Gasteiger charge is -2.32. The fraction of sp³-hybridized carbons (Fsp3) is 0.800. The van der Waals surface area contributed by atoms with Crippen LogP contribution < -0.4 is 0 Å². The number of aliphatic carboxylic acids is 1. The Bertz CT molecular complexity index is 399. The molecule has 0 aliphatic rings. The van der Waals surface area contributed by atoms with Gasteiger partial charge in [-0.2, -0.15) is 0 Å². The predicted molar refractivity (Wildman–Crippen MR) is 101 cm³/mol. The number of hydrogen-bond donors (Lipinski definition) is 1. The molecule has 0 aromatic carbocycles. The van der Waals surface area contributed by atoms with Gasteiger partial charge in [-0.25, -0.2) is 0 Å². The Balaban J connectivity index is 3.90. The van der Waals surface area contributed by atoms with Crippen LogP contribution in [0.2, 0.25) is 0 Å². The predicted octanol–water partition coefficient (Wildman–Crippen LogP) is 4.51. The lowest BCUT2D eigenvalue weighted by molar-refractivity contribution is -0.917. The number of carbonyl (C=O) groups is 2. The first kappa shape index (κ1) is 23.6. The van der Waals surface area contributed by atoms with Gasteiger partial charge >= 0.3 is 11.9 Å². The van der Waals surface area contributed by atoms with E-state index < -0.39 is 12.2 Å². The first-order valence-corrected chi connectivity index (χ1v) is 9.64. The number of quaternary nitrogens is 1. The zero-order chi connectivity index (χ0) is 19.1. The van der Waals surface area contributed by atoms with Crippen molar-refractivity contribution in [3.8, 4) is 0 Å². The van der Waals surface area contributed by atoms with Crippen LogP contribution in [0, 0.1) is 0 Å². The van der Waals surface area contributed by atoms with Crippen LogP contribution in [0.3, 0.4) is 0 Å². The number of carboxylic acids is 1. The number of ether oxygens (including phenoxy) is 1. The molecule has 0 aliphatic heterocycles. The minimum atomic E-state index is -0.866. The van der Waals surface area contributed by atoms with Crippen LogP contribution >= 0.6 is 0 Å². The SMILES string of the molecule is CCCCCCC/C=C\CCCC(=O)OC(CCC(=O)O)[N+](C)(C)C. The molecule has 1 N–H and O–H groups in total. The van der Waals surface area contributed by atoms with Crippen molar-refractivity contribution in [3.63, 3.8) is 0 Å². The molecule has 1 atom stereocenters. The van der Waals surface area contributed by atoms with Gasteiger partial charge in [0.15, 0.2) is 0 Å². The van der Waals surface area contributed by atoms with E-state index in [1.165, 1.54) is 32.1 Å². The van der Waals surface area contributed by atoms with Gasteiger partial charge in [0.05, 0.1) is 27.6 Å². The van der Waals surface area contributed by atoms with Crippen LogP contribution in [0.15, 0.2) is 12.2 Å². The van der Waals surface area contributed by atoms with E-state index in [9.17, 15) is 9.59 Å². The number of carbonyl (C=O) groups excluding carboxylic acids is 1. The van der Waals surface area contributed by atoms with E-state index >= 15 is 0 Å². The molecule has 146 valence electrons. The molecule has 0 aliphatic carbocycles. The number of nitrogens with zero attached hydrogens (tertiary/aromatic N) is 1. The molecule has 0 aromatic heterocycles. The zero-order valence-electron chi connectivity index (χ0n) is 16.6. The average Bonchev–Trinajstić information content (AvgIpc) is 2.52. The van der Waals surface area contributed by atoms with Gasteiger partial charge in [-0.15, -0.1) is 0 Å². The summed E-state index contributed by atoms with van der Waals surface area (Å²) in [4.78, 5) is 22.7. The van der Waals surface area contributed by atoms with Crippen LogP contribution in [-0.4, -0.2) is 48.9 Å². The number of rotatable bonds is 15. The molecule has 0 amide bonds. The quantitative estimate of drug-likeness (QED) is 0.154. The first-order valence-electron chi connectivity index (χ1n) is 9.64. The molecule has 0 aromatic rings. The molecule has 0 rings (SSSR count). The summed E-state index contributed by atoms with van der Waals surface area (Å²) in [7, 11) is 5.72. The highest BCUT2D eigenvalue weighted by molar-refractivity contribution is 5.69. The van der Waals surface area contributed by atoms with E-state index in [0.717, 1.165) is 19.3 Å². The van der Waals surface area contributed by atoms with Gasteiger partial charge in [-0.05, 0) is 25.7 Å². The van der Waals surface area contributed by atoms with E-state index in [1.807, 2.05) is 21.1 Å². The molecule has 0 bridgehead atoms. The van der Waals surface area contributed by atoms with Crippen molar-refractivity contribution in [2.45, 2.75) is 83.8 Å². The Morgan fingerprint density at radius 1 is 0.960 bits per heavy atom. The standard InChI is InChI=1S/C20H37NO4/c1-5-6-7-8-9-10-11-12-13-14-15-20(24)25-18(21(2,3)4)16-17-19(22)23/h11-12,18H,5-10,13-17H2,1-4H3/p+1/b12-11-. The smallest absolute Gasteiger partial charge is 0.310 e. The third-order valence-corrected chi connectivity index (χ3v) is 4.13. The summed E-state index contributed by atoms with van der Waals surface area (Å²) in [6, 6.07) is 0. The zero-order valence-corrected chi connectivity index (χ0v) is 16.6. The number of hydrogen-bond acceptors (Lipinski definition) is 3. The van der Waals surface area contributed by atoms with Crippen molar-refractivity contribution in [1.82, 2.24) is 0 Å². The molecule has 0 saturated heterocycles. The average molecular weight is 357 g/mol. The maximum absolute atomic E-state index is 12.0. The molecule has 0 heterocycles. The molecule has 5 nitrogen and oxygen atoms in total. The molecule has 0 spiro atoms. The molecule has 0 saturated carbocycles. The van der Waals surface area contributed by atoms with Crippen LogP contribution in [0.5, 0.6) is 0 Å². The largest absolute Gasteiger partial charge is 0.481 e. The minimum Gasteiger partial charge on any atom is -0.481 e. The van der Waals surface area contributed by atoms with Crippen molar-refractivity contribution in [1.29, 1.82) is 0 Å². The Hall–Kier alpha value is -1.36. The fourth-order valence-corrected chi connectivity index (χ4v) is 2.53. The Morgan fingerprint density at radius 3 is 2.12 bits per heavy atom. The molecule has 25 heavy (non-hydrogen) atoms. The van der Waals surface area contributed by atoms with E-state index in [2.05, 4.69) is 19.1 Å². The third-order valence-electron chi connectivity index (χ3n) is 4.13. The topological polar surface area (TPSA) is 63.6 Å². The second-order valence-electron chi connectivity index (χ2n) is 7.56. The van der Waals surface area contributed by atoms with E-state index in [4.69, 9.17) is 9.84 Å². The molecule has 0 radical (unpaired) electrons. The summed E-state index contributed by atoms with van der Waals surface area (Å²) in [6.07, 6.45) is 13.9. The summed E-state index contributed by atoms with van der Waals surface area (Å²) in [6.45, 7) is 2.22. The van der Waals surface area contributed by atoms with Crippen molar-refractivity contribution >= 4 is 11.9 Å². The monoisotopic (exact) mass is 356 g/mol. The normalized spacial score (nSPS) is 13.1. The third kappa shape index (κ3) is 14.7.